The van der Waals surface area contributed by atoms with Crippen LogP contribution >= 0.6 is 0 Å². The summed E-state index contributed by atoms with van der Waals surface area (Å²) in [5.74, 6) is -0.787. The number of allylic oxidation sites excluding steroid dienone is 1. The standard InChI is InChI=1S/C27H28F3N3O4.C26H26F3N3O4/c1-26(2)15-17(20-6-4-18(27(28,29)30)13-23(20)37-26)12-24(34)31-19-5-3-16-11-22(25(35)32-21(16)14-19)33-7-9-36-10-8-33;27-26(28,29)18-4-6-20-16(2-1-9-36-23(20)14-18)13-24(33)30-19-5-3-17-12-22(25(34)31-21(17)15-19)32-7-10-35-11-8-32/h3-6,12-14,22H,7-11,15H2,1-2H3,(H,31,34)(H,32,35);3-6,13-15,22H,1-2,7-12H2,(H,30,33)(H,31,34)/b17-12+;16-13+. The van der Waals surface area contributed by atoms with E-state index in [1.165, 1.54) is 24.3 Å². The Labute approximate surface area is 417 Å². The van der Waals surface area contributed by atoms with Crippen LogP contribution in [-0.4, -0.2) is 110 Å². The molecule has 6 aliphatic heterocycles. The molecule has 2 atom stereocenters. The molecule has 4 amide bonds. The Kier molecular flexibility index (Phi) is 14.7. The summed E-state index contributed by atoms with van der Waals surface area (Å²) in [6, 6.07) is 16.9. The lowest BCUT2D eigenvalue weighted by atomic mass is 9.88. The highest BCUT2D eigenvalue weighted by Gasteiger charge is 2.37. The zero-order valence-electron chi connectivity index (χ0n) is 40.1. The van der Waals surface area contributed by atoms with Crippen molar-refractivity contribution in [2.45, 2.75) is 76.0 Å². The number of nitrogens with one attached hydrogen (secondary N) is 4. The topological polar surface area (TPSA) is 160 Å². The van der Waals surface area contributed by atoms with Gasteiger partial charge in [-0.1, -0.05) is 24.3 Å². The van der Waals surface area contributed by atoms with Gasteiger partial charge in [0.2, 0.25) is 23.6 Å². The van der Waals surface area contributed by atoms with Gasteiger partial charge >= 0.3 is 12.4 Å². The first kappa shape index (κ1) is 51.2. The third kappa shape index (κ3) is 12.2. The zero-order valence-corrected chi connectivity index (χ0v) is 40.1. The lowest BCUT2D eigenvalue weighted by molar-refractivity contribution is -0.138. The van der Waals surface area contributed by atoms with Gasteiger partial charge in [-0.15, -0.1) is 0 Å². The van der Waals surface area contributed by atoms with Crippen molar-refractivity contribution in [3.63, 3.8) is 0 Å². The molecule has 4 aromatic rings. The van der Waals surface area contributed by atoms with Crippen molar-refractivity contribution in [1.82, 2.24) is 9.80 Å². The Bertz CT molecular complexity index is 2850. The Morgan fingerprint density at radius 1 is 0.630 bits per heavy atom. The van der Waals surface area contributed by atoms with E-state index in [0.717, 1.165) is 35.4 Å². The molecular formula is C53H54F6N6O8. The molecule has 6 heterocycles. The second-order valence-electron chi connectivity index (χ2n) is 19.2. The normalized spacial score (nSPS) is 22.0. The fourth-order valence-corrected chi connectivity index (χ4v) is 9.85. The van der Waals surface area contributed by atoms with Gasteiger partial charge in [0.1, 0.15) is 17.1 Å². The quantitative estimate of drug-likeness (QED) is 0.109. The van der Waals surface area contributed by atoms with Crippen molar-refractivity contribution < 1.29 is 64.5 Å². The number of nitrogens with zero attached hydrogens (tertiary/aromatic N) is 2. The number of hydrogen-bond acceptors (Lipinski definition) is 10. The molecule has 2 fully saturated rings. The molecular weight excluding hydrogens is 963 g/mol. The summed E-state index contributed by atoms with van der Waals surface area (Å²) >= 11 is 0. The highest BCUT2D eigenvalue weighted by atomic mass is 19.4. The summed E-state index contributed by atoms with van der Waals surface area (Å²) in [6.07, 6.45) is -3.61. The molecule has 4 N–H and O–H groups in total. The van der Waals surface area contributed by atoms with E-state index in [-0.39, 0.29) is 42.0 Å². The molecule has 0 spiro atoms. The minimum atomic E-state index is -4.49. The molecule has 0 aromatic heterocycles. The van der Waals surface area contributed by atoms with E-state index >= 15 is 0 Å². The summed E-state index contributed by atoms with van der Waals surface area (Å²) in [4.78, 5) is 55.4. The SMILES string of the molecule is CC1(C)C/C(=C\C(=O)Nc2ccc3c(c2)NC(=O)C(N2CCOCC2)C3)c2ccc(C(F)(F)F)cc2O1.O=C(/C=C1\CCCOc2cc(C(F)(F)F)ccc21)Nc1ccc2c(c1)NC(=O)C(N1CCOCC1)C2. The van der Waals surface area contributed by atoms with Crippen molar-refractivity contribution in [3.05, 3.63) is 118 Å². The largest absolute Gasteiger partial charge is 0.493 e. The van der Waals surface area contributed by atoms with Gasteiger partial charge in [0.25, 0.3) is 0 Å². The van der Waals surface area contributed by atoms with Crippen LogP contribution in [0.4, 0.5) is 49.1 Å². The van der Waals surface area contributed by atoms with Crippen molar-refractivity contribution in [2.24, 2.45) is 0 Å². The maximum Gasteiger partial charge on any atom is 0.416 e. The molecule has 14 nitrogen and oxygen atoms in total. The number of benzene rings is 4. The van der Waals surface area contributed by atoms with Crippen LogP contribution in [0.15, 0.2) is 84.9 Å². The van der Waals surface area contributed by atoms with Gasteiger partial charge in [0.15, 0.2) is 0 Å². The highest BCUT2D eigenvalue weighted by molar-refractivity contribution is 6.07. The maximum absolute atomic E-state index is 13.2. The van der Waals surface area contributed by atoms with E-state index in [9.17, 15) is 45.5 Å². The van der Waals surface area contributed by atoms with Gasteiger partial charge in [-0.25, -0.2) is 0 Å². The summed E-state index contributed by atoms with van der Waals surface area (Å²) < 4.78 is 101. The molecule has 2 saturated heterocycles. The number of anilines is 4. The van der Waals surface area contributed by atoms with Gasteiger partial charge in [-0.2, -0.15) is 26.3 Å². The number of ether oxygens (including phenoxy) is 4. The molecule has 0 radical (unpaired) electrons. The van der Waals surface area contributed by atoms with E-state index in [1.807, 2.05) is 12.1 Å². The van der Waals surface area contributed by atoms with Crippen LogP contribution in [0, 0.1) is 0 Å². The molecule has 6 aliphatic rings. The number of carbonyl (C=O) groups is 4. The molecule has 20 heteroatoms. The number of amides is 4. The number of hydrogen-bond donors (Lipinski definition) is 4. The van der Waals surface area contributed by atoms with Crippen LogP contribution in [0.3, 0.4) is 0 Å². The number of halogens is 6. The van der Waals surface area contributed by atoms with Crippen LogP contribution in [0.2, 0.25) is 0 Å². The van der Waals surface area contributed by atoms with Gasteiger partial charge < -0.3 is 40.2 Å². The summed E-state index contributed by atoms with van der Waals surface area (Å²) in [7, 11) is 0. The highest BCUT2D eigenvalue weighted by Crippen LogP contribution is 2.44. The van der Waals surface area contributed by atoms with Crippen LogP contribution in [0.25, 0.3) is 11.1 Å². The zero-order chi connectivity index (χ0) is 51.7. The third-order valence-electron chi connectivity index (χ3n) is 13.4. The smallest absolute Gasteiger partial charge is 0.416 e. The molecule has 4 aromatic carbocycles. The fraction of sp³-hybridized carbons (Fsp3) is 0.396. The second kappa shape index (κ2) is 21.0. The third-order valence-corrected chi connectivity index (χ3v) is 13.4. The molecule has 2 unspecified atom stereocenters. The molecule has 0 bridgehead atoms. The summed E-state index contributed by atoms with van der Waals surface area (Å²) in [6.45, 7) is 9.05. The number of morpholine rings is 2. The number of carbonyl (C=O) groups excluding carboxylic acids is 4. The second-order valence-corrected chi connectivity index (χ2v) is 19.2. The van der Waals surface area contributed by atoms with Gasteiger partial charge in [0, 0.05) is 78.6 Å². The molecule has 386 valence electrons. The van der Waals surface area contributed by atoms with Crippen molar-refractivity contribution >= 4 is 57.5 Å². The van der Waals surface area contributed by atoms with Crippen molar-refractivity contribution in [3.8, 4) is 11.5 Å². The number of fused-ring (bicyclic) bond motifs is 4. The minimum Gasteiger partial charge on any atom is -0.493 e. The Hall–Kier alpha value is -6.74. The van der Waals surface area contributed by atoms with Crippen LogP contribution in [0.1, 0.15) is 66.5 Å². The average molecular weight is 1020 g/mol. The first-order valence-electron chi connectivity index (χ1n) is 24.1. The predicted octanol–water partition coefficient (Wildman–Crippen LogP) is 8.58. The van der Waals surface area contributed by atoms with E-state index in [4.69, 9.17) is 18.9 Å². The van der Waals surface area contributed by atoms with Crippen molar-refractivity contribution in [1.29, 1.82) is 0 Å². The monoisotopic (exact) mass is 1020 g/mol. The number of alkyl halides is 6. The van der Waals surface area contributed by atoms with E-state index < -0.39 is 40.9 Å². The maximum atomic E-state index is 13.2. The molecule has 0 saturated carbocycles. The predicted molar refractivity (Wildman–Crippen MR) is 260 cm³/mol. The van der Waals surface area contributed by atoms with Crippen LogP contribution < -0.4 is 30.7 Å². The summed E-state index contributed by atoms with van der Waals surface area (Å²) in [5, 5.41) is 11.5. The minimum absolute atomic E-state index is 0.0803. The first-order chi connectivity index (χ1) is 34.8. The molecule has 10 rings (SSSR count). The van der Waals surface area contributed by atoms with Crippen LogP contribution in [0.5, 0.6) is 11.5 Å². The van der Waals surface area contributed by atoms with E-state index in [2.05, 4.69) is 31.1 Å². The Balaban J connectivity index is 0.000000180. The fourth-order valence-electron chi connectivity index (χ4n) is 9.85. The lowest BCUT2D eigenvalue weighted by Gasteiger charge is -2.36. The van der Waals surface area contributed by atoms with Gasteiger partial charge in [-0.05, 0) is 110 Å². The Morgan fingerprint density at radius 2 is 1.10 bits per heavy atom. The van der Waals surface area contributed by atoms with Gasteiger partial charge in [0.05, 0.1) is 56.2 Å². The lowest BCUT2D eigenvalue weighted by Crippen LogP contribution is -2.52. The molecule has 73 heavy (non-hydrogen) atoms. The molecule has 0 aliphatic carbocycles. The van der Waals surface area contributed by atoms with Gasteiger partial charge in [-0.3, -0.25) is 29.0 Å². The first-order valence-corrected chi connectivity index (χ1v) is 24.1. The van der Waals surface area contributed by atoms with E-state index in [1.54, 1.807) is 38.1 Å². The average Bonchev–Trinajstić information content (AvgIpc) is 3.54. The van der Waals surface area contributed by atoms with Crippen molar-refractivity contribution in [2.75, 3.05) is 80.5 Å². The number of rotatable bonds is 6. The summed E-state index contributed by atoms with van der Waals surface area (Å²) in [5.41, 5.74) is 4.02. The van der Waals surface area contributed by atoms with Crippen LogP contribution in [-0.2, 0) is 53.8 Å². The van der Waals surface area contributed by atoms with E-state index in [0.29, 0.717) is 130 Å². The Morgan fingerprint density at radius 3 is 1.59 bits per heavy atom.